The van der Waals surface area contributed by atoms with Gasteiger partial charge in [0.1, 0.15) is 11.6 Å². The molecule has 4 N–H and O–H groups in total. The number of benzene rings is 1. The van der Waals surface area contributed by atoms with Gasteiger partial charge in [0.15, 0.2) is 0 Å². The predicted octanol–water partition coefficient (Wildman–Crippen LogP) is 2.92. The number of halogens is 4. The number of rotatable bonds is 2. The van der Waals surface area contributed by atoms with Crippen LogP contribution in [0.4, 0.5) is 17.6 Å². The fourth-order valence-corrected chi connectivity index (χ4v) is 2.38. The molecule has 1 aromatic carbocycles. The molecule has 3 rings (SSSR count). The minimum atomic E-state index is -2.53. The highest BCUT2D eigenvalue weighted by atomic mass is 19.3. The Labute approximate surface area is 125 Å². The van der Waals surface area contributed by atoms with Crippen molar-refractivity contribution in [2.75, 3.05) is 0 Å². The molecule has 0 amide bonds. The van der Waals surface area contributed by atoms with E-state index >= 15 is 0 Å². The van der Waals surface area contributed by atoms with Gasteiger partial charge in [-0.1, -0.05) is 0 Å². The summed E-state index contributed by atoms with van der Waals surface area (Å²) in [6.07, 6.45) is 0.963. The Morgan fingerprint density at radius 1 is 1.18 bits per heavy atom. The molecule has 1 heterocycles. The van der Waals surface area contributed by atoms with Crippen LogP contribution in [0.3, 0.4) is 0 Å². The Morgan fingerprint density at radius 3 is 2.14 bits per heavy atom. The van der Waals surface area contributed by atoms with Crippen LogP contribution in [0.2, 0.25) is 0 Å². The second-order valence-electron chi connectivity index (χ2n) is 5.47. The lowest BCUT2D eigenvalue weighted by Gasteiger charge is -2.33. The number of aliphatic imine (C=N–C) groups is 1. The number of amidine groups is 1. The molecule has 1 atom stereocenters. The number of nitrogens with two attached hydrogens (primary N) is 1. The SMILES string of the molecule is NC1=N[C@H](c2cc(F)cc(F)c2)CC1.ONC1CC(F)(F)C1. The van der Waals surface area contributed by atoms with E-state index in [1.165, 1.54) is 12.1 Å². The van der Waals surface area contributed by atoms with Crippen LogP contribution >= 0.6 is 0 Å². The monoisotopic (exact) mass is 319 g/mol. The van der Waals surface area contributed by atoms with Crippen molar-refractivity contribution in [3.63, 3.8) is 0 Å². The van der Waals surface area contributed by atoms with Crippen LogP contribution in [-0.4, -0.2) is 23.0 Å². The molecule has 0 bridgehead atoms. The predicted molar refractivity (Wildman–Crippen MR) is 72.8 cm³/mol. The van der Waals surface area contributed by atoms with Crippen molar-refractivity contribution >= 4 is 5.84 Å². The van der Waals surface area contributed by atoms with Crippen molar-refractivity contribution in [1.29, 1.82) is 0 Å². The van der Waals surface area contributed by atoms with Crippen molar-refractivity contribution in [2.45, 2.75) is 43.7 Å². The molecule has 0 saturated heterocycles. The molecular weight excluding hydrogens is 302 g/mol. The van der Waals surface area contributed by atoms with Gasteiger partial charge in [0.25, 0.3) is 5.92 Å². The normalized spacial score (nSPS) is 23.3. The molecule has 2 aliphatic rings. The summed E-state index contributed by atoms with van der Waals surface area (Å²) in [4.78, 5) is 4.10. The first-order valence-corrected chi connectivity index (χ1v) is 6.84. The molecule has 0 spiro atoms. The van der Waals surface area contributed by atoms with Crippen LogP contribution in [0.25, 0.3) is 0 Å². The maximum Gasteiger partial charge on any atom is 0.251 e. The number of hydrogen-bond donors (Lipinski definition) is 3. The van der Waals surface area contributed by atoms with E-state index in [0.29, 0.717) is 17.8 Å². The van der Waals surface area contributed by atoms with E-state index < -0.39 is 17.6 Å². The van der Waals surface area contributed by atoms with Crippen molar-refractivity contribution in [3.8, 4) is 0 Å². The molecule has 1 aliphatic carbocycles. The Kier molecular flexibility index (Phi) is 5.02. The molecule has 1 fully saturated rings. The molecule has 1 aliphatic heterocycles. The van der Waals surface area contributed by atoms with Gasteiger partial charge in [-0.25, -0.2) is 23.0 Å². The Balaban J connectivity index is 0.000000188. The van der Waals surface area contributed by atoms with Gasteiger partial charge in [0.2, 0.25) is 0 Å². The van der Waals surface area contributed by atoms with Gasteiger partial charge in [-0.05, 0) is 24.1 Å². The van der Waals surface area contributed by atoms with Crippen molar-refractivity contribution < 1.29 is 22.8 Å². The smallest absolute Gasteiger partial charge is 0.251 e. The molecule has 0 aromatic heterocycles. The van der Waals surface area contributed by atoms with E-state index in [2.05, 4.69) is 4.99 Å². The average Bonchev–Trinajstić information content (AvgIpc) is 2.82. The third kappa shape index (κ3) is 4.41. The van der Waals surface area contributed by atoms with E-state index in [-0.39, 0.29) is 24.9 Å². The summed E-state index contributed by atoms with van der Waals surface area (Å²) in [6.45, 7) is 0. The summed E-state index contributed by atoms with van der Waals surface area (Å²) >= 11 is 0. The van der Waals surface area contributed by atoms with Crippen molar-refractivity contribution in [1.82, 2.24) is 5.48 Å². The highest BCUT2D eigenvalue weighted by Gasteiger charge is 2.45. The number of hydrogen-bond acceptors (Lipinski definition) is 4. The lowest BCUT2D eigenvalue weighted by molar-refractivity contribution is -0.117. The zero-order chi connectivity index (χ0) is 16.3. The number of hydroxylamine groups is 1. The van der Waals surface area contributed by atoms with Crippen LogP contribution in [0, 0.1) is 11.6 Å². The number of nitrogens with one attached hydrogen (secondary N) is 1. The molecule has 4 nitrogen and oxygen atoms in total. The molecule has 1 aromatic rings. The molecule has 1 saturated carbocycles. The van der Waals surface area contributed by atoms with Gasteiger partial charge in [-0.15, -0.1) is 0 Å². The van der Waals surface area contributed by atoms with E-state index in [0.717, 1.165) is 12.5 Å². The van der Waals surface area contributed by atoms with Crippen LogP contribution in [0.15, 0.2) is 23.2 Å². The highest BCUT2D eigenvalue weighted by Crippen LogP contribution is 2.36. The van der Waals surface area contributed by atoms with Gasteiger partial charge in [0, 0.05) is 31.4 Å². The molecule has 0 unspecified atom stereocenters. The summed E-state index contributed by atoms with van der Waals surface area (Å²) in [5.74, 6) is -3.11. The summed E-state index contributed by atoms with van der Waals surface area (Å²) in [6, 6.07) is 2.89. The van der Waals surface area contributed by atoms with Crippen LogP contribution < -0.4 is 11.2 Å². The lowest BCUT2D eigenvalue weighted by atomic mass is 9.89. The third-order valence-corrected chi connectivity index (χ3v) is 3.54. The van der Waals surface area contributed by atoms with Crippen LogP contribution in [0.1, 0.15) is 37.3 Å². The van der Waals surface area contributed by atoms with E-state index in [9.17, 15) is 17.6 Å². The summed E-state index contributed by atoms with van der Waals surface area (Å²) in [7, 11) is 0. The van der Waals surface area contributed by atoms with Crippen molar-refractivity contribution in [2.24, 2.45) is 10.7 Å². The first kappa shape index (κ1) is 16.7. The third-order valence-electron chi connectivity index (χ3n) is 3.54. The van der Waals surface area contributed by atoms with Crippen LogP contribution in [0.5, 0.6) is 0 Å². The minimum Gasteiger partial charge on any atom is -0.387 e. The molecule has 122 valence electrons. The van der Waals surface area contributed by atoms with Crippen molar-refractivity contribution in [3.05, 3.63) is 35.4 Å². The first-order valence-electron chi connectivity index (χ1n) is 6.84. The van der Waals surface area contributed by atoms with Gasteiger partial charge in [-0.2, -0.15) is 0 Å². The fraction of sp³-hybridized carbons (Fsp3) is 0.500. The average molecular weight is 319 g/mol. The quantitative estimate of drug-likeness (QED) is 0.580. The minimum absolute atomic E-state index is 0.180. The Morgan fingerprint density at radius 2 is 1.77 bits per heavy atom. The molecule has 0 radical (unpaired) electrons. The molecular formula is C14H17F4N3O. The Hall–Kier alpha value is -1.67. The summed E-state index contributed by atoms with van der Waals surface area (Å²) < 4.78 is 49.4. The fourth-order valence-electron chi connectivity index (χ4n) is 2.38. The summed E-state index contributed by atoms with van der Waals surface area (Å²) in [5, 5.41) is 8.03. The molecule has 22 heavy (non-hydrogen) atoms. The zero-order valence-electron chi connectivity index (χ0n) is 11.7. The van der Waals surface area contributed by atoms with E-state index in [4.69, 9.17) is 10.9 Å². The van der Waals surface area contributed by atoms with Crippen LogP contribution in [-0.2, 0) is 0 Å². The standard InChI is InChI=1S/C10H10F2N2.C4H7F2NO/c11-7-3-6(4-8(12)5-7)9-1-2-10(13)14-9;5-4(6)1-3(2-4)7-8/h3-5,9H,1-2H2,(H2,13,14);3,7-8H,1-2H2/t9-;/m0./s1. The highest BCUT2D eigenvalue weighted by molar-refractivity contribution is 5.82. The van der Waals surface area contributed by atoms with Gasteiger partial charge >= 0.3 is 0 Å². The Bertz CT molecular complexity index is 537. The second kappa shape index (κ2) is 6.62. The second-order valence-corrected chi connectivity index (χ2v) is 5.47. The van der Waals surface area contributed by atoms with E-state index in [1.807, 2.05) is 0 Å². The largest absolute Gasteiger partial charge is 0.387 e. The van der Waals surface area contributed by atoms with Gasteiger partial charge in [0.05, 0.1) is 11.9 Å². The topological polar surface area (TPSA) is 70.6 Å². The summed E-state index contributed by atoms with van der Waals surface area (Å²) in [5.41, 5.74) is 7.84. The maximum atomic E-state index is 12.9. The molecule has 8 heteroatoms. The van der Waals surface area contributed by atoms with Gasteiger partial charge < -0.3 is 10.9 Å². The number of alkyl halides is 2. The lowest BCUT2D eigenvalue weighted by Crippen LogP contribution is -2.47. The first-order chi connectivity index (χ1) is 10.3. The number of nitrogens with zero attached hydrogens (tertiary/aromatic N) is 1. The van der Waals surface area contributed by atoms with E-state index in [1.54, 1.807) is 5.48 Å². The van der Waals surface area contributed by atoms with Gasteiger partial charge in [-0.3, -0.25) is 4.99 Å². The zero-order valence-corrected chi connectivity index (χ0v) is 11.7. The maximum absolute atomic E-state index is 12.9.